The number of hydrogen-bond donors (Lipinski definition) is 0. The zero-order valence-corrected chi connectivity index (χ0v) is 10.2. The van der Waals surface area contributed by atoms with Crippen molar-refractivity contribution in [3.63, 3.8) is 0 Å². The van der Waals surface area contributed by atoms with Crippen LogP contribution in [0.3, 0.4) is 0 Å². The summed E-state index contributed by atoms with van der Waals surface area (Å²) in [5, 5.41) is 7.85. The third kappa shape index (κ3) is 2.63. The molecular weight excluding hydrogens is 226 g/mol. The lowest BCUT2D eigenvalue weighted by Gasteiger charge is -2.03. The van der Waals surface area contributed by atoms with E-state index in [1.165, 1.54) is 0 Å². The fourth-order valence-electron chi connectivity index (χ4n) is 1.25. The molecule has 0 fully saturated rings. The van der Waals surface area contributed by atoms with Gasteiger partial charge in [-0.25, -0.2) is 0 Å². The second-order valence-corrected chi connectivity index (χ2v) is 4.89. The average molecular weight is 239 g/mol. The first-order valence-electron chi connectivity index (χ1n) is 4.99. The summed E-state index contributed by atoms with van der Waals surface area (Å²) < 4.78 is 10.1. The molecule has 2 rings (SSSR count). The van der Waals surface area contributed by atoms with Gasteiger partial charge >= 0.3 is 0 Å². The summed E-state index contributed by atoms with van der Waals surface area (Å²) in [7, 11) is 0. The highest BCUT2D eigenvalue weighted by molar-refractivity contribution is 7.98. The maximum atomic E-state index is 5.09. The molecule has 0 bridgehead atoms. The fraction of sp³-hybridized carbons (Fsp3) is 0.500. The molecule has 86 valence electrons. The van der Waals surface area contributed by atoms with E-state index < -0.39 is 0 Å². The Morgan fingerprint density at radius 3 is 2.69 bits per heavy atom. The van der Waals surface area contributed by atoms with Crippen LogP contribution in [0.5, 0.6) is 0 Å². The Morgan fingerprint density at radius 2 is 2.12 bits per heavy atom. The normalized spacial score (nSPS) is 12.9. The van der Waals surface area contributed by atoms with Crippen LogP contribution in [0.25, 0.3) is 0 Å². The van der Waals surface area contributed by atoms with E-state index in [1.807, 2.05) is 26.8 Å². The molecule has 2 aromatic heterocycles. The van der Waals surface area contributed by atoms with Gasteiger partial charge in [0.2, 0.25) is 5.89 Å². The number of hydrogen-bond acceptors (Lipinski definition) is 6. The lowest BCUT2D eigenvalue weighted by atomic mass is 10.4. The SMILES string of the molecule is Cc1noc(C(C)SCc2cc(C)on2)n1. The lowest BCUT2D eigenvalue weighted by Crippen LogP contribution is -1.90. The molecule has 0 aromatic carbocycles. The summed E-state index contributed by atoms with van der Waals surface area (Å²) in [6, 6.07) is 1.93. The highest BCUT2D eigenvalue weighted by Crippen LogP contribution is 2.29. The molecule has 2 aromatic rings. The average Bonchev–Trinajstić information content (AvgIpc) is 2.84. The Kier molecular flexibility index (Phi) is 3.28. The van der Waals surface area contributed by atoms with E-state index in [9.17, 15) is 0 Å². The molecule has 1 unspecified atom stereocenters. The van der Waals surface area contributed by atoms with Gasteiger partial charge in [0.05, 0.1) is 10.9 Å². The molecule has 0 saturated carbocycles. The maximum Gasteiger partial charge on any atom is 0.239 e. The van der Waals surface area contributed by atoms with Gasteiger partial charge in [-0.3, -0.25) is 0 Å². The molecule has 2 heterocycles. The van der Waals surface area contributed by atoms with E-state index in [1.54, 1.807) is 11.8 Å². The van der Waals surface area contributed by atoms with Crippen molar-refractivity contribution in [2.75, 3.05) is 0 Å². The van der Waals surface area contributed by atoms with Gasteiger partial charge in [0.1, 0.15) is 5.76 Å². The second kappa shape index (κ2) is 4.69. The van der Waals surface area contributed by atoms with Crippen molar-refractivity contribution >= 4 is 11.8 Å². The van der Waals surface area contributed by atoms with E-state index in [-0.39, 0.29) is 5.25 Å². The molecular formula is C10H13N3O2S. The van der Waals surface area contributed by atoms with Crippen LogP contribution in [0.1, 0.15) is 35.3 Å². The van der Waals surface area contributed by atoms with Crippen LogP contribution in [-0.4, -0.2) is 15.3 Å². The number of thioether (sulfide) groups is 1. The number of rotatable bonds is 4. The van der Waals surface area contributed by atoms with Crippen LogP contribution in [0, 0.1) is 13.8 Å². The highest BCUT2D eigenvalue weighted by Gasteiger charge is 2.14. The van der Waals surface area contributed by atoms with E-state index in [4.69, 9.17) is 9.05 Å². The monoisotopic (exact) mass is 239 g/mol. The van der Waals surface area contributed by atoms with Gasteiger partial charge in [0.15, 0.2) is 5.82 Å². The van der Waals surface area contributed by atoms with Crippen LogP contribution in [-0.2, 0) is 5.75 Å². The first kappa shape index (κ1) is 11.2. The van der Waals surface area contributed by atoms with E-state index in [0.717, 1.165) is 17.2 Å². The summed E-state index contributed by atoms with van der Waals surface area (Å²) in [4.78, 5) is 4.19. The lowest BCUT2D eigenvalue weighted by molar-refractivity contribution is 0.376. The van der Waals surface area contributed by atoms with Gasteiger partial charge in [0, 0.05) is 11.8 Å². The summed E-state index contributed by atoms with van der Waals surface area (Å²) >= 11 is 1.69. The van der Waals surface area contributed by atoms with Gasteiger partial charge in [-0.2, -0.15) is 4.98 Å². The molecule has 5 nitrogen and oxygen atoms in total. The standard InChI is InChI=1S/C10H13N3O2S/c1-6-4-9(13-14-6)5-16-7(2)10-11-8(3)12-15-10/h4,7H,5H2,1-3H3. The van der Waals surface area contributed by atoms with E-state index >= 15 is 0 Å². The molecule has 6 heteroatoms. The van der Waals surface area contributed by atoms with E-state index in [2.05, 4.69) is 15.3 Å². The Hall–Kier alpha value is -1.30. The molecule has 0 saturated heterocycles. The smallest absolute Gasteiger partial charge is 0.239 e. The summed E-state index contributed by atoms with van der Waals surface area (Å²) in [6.45, 7) is 5.72. The van der Waals surface area contributed by atoms with Crippen molar-refractivity contribution in [3.8, 4) is 0 Å². The quantitative estimate of drug-likeness (QED) is 0.817. The summed E-state index contributed by atoms with van der Waals surface area (Å²) in [5.74, 6) is 2.93. The van der Waals surface area contributed by atoms with Crippen LogP contribution < -0.4 is 0 Å². The van der Waals surface area contributed by atoms with Crippen molar-refractivity contribution in [3.05, 3.63) is 29.2 Å². The van der Waals surface area contributed by atoms with Crippen LogP contribution in [0.15, 0.2) is 15.1 Å². The summed E-state index contributed by atoms with van der Waals surface area (Å²) in [6.07, 6.45) is 0. The minimum atomic E-state index is 0.165. The van der Waals surface area contributed by atoms with Crippen molar-refractivity contribution in [2.24, 2.45) is 0 Å². The molecule has 0 amide bonds. The van der Waals surface area contributed by atoms with Crippen LogP contribution >= 0.6 is 11.8 Å². The van der Waals surface area contributed by atoms with Gasteiger partial charge in [-0.05, 0) is 20.8 Å². The third-order valence-electron chi connectivity index (χ3n) is 2.05. The Bertz CT molecular complexity index is 466. The van der Waals surface area contributed by atoms with Crippen molar-refractivity contribution in [1.82, 2.24) is 15.3 Å². The Labute approximate surface area is 97.6 Å². The van der Waals surface area contributed by atoms with Crippen molar-refractivity contribution in [1.29, 1.82) is 0 Å². The van der Waals surface area contributed by atoms with Gasteiger partial charge in [-0.1, -0.05) is 10.3 Å². The molecule has 0 radical (unpaired) electrons. The molecule has 16 heavy (non-hydrogen) atoms. The Morgan fingerprint density at radius 1 is 1.31 bits per heavy atom. The largest absolute Gasteiger partial charge is 0.361 e. The molecule has 0 N–H and O–H groups in total. The highest BCUT2D eigenvalue weighted by atomic mass is 32.2. The van der Waals surface area contributed by atoms with Crippen LogP contribution in [0.2, 0.25) is 0 Å². The Balaban J connectivity index is 1.91. The molecule has 0 aliphatic heterocycles. The number of aromatic nitrogens is 3. The second-order valence-electron chi connectivity index (χ2n) is 3.56. The maximum absolute atomic E-state index is 5.09. The first-order chi connectivity index (χ1) is 7.65. The minimum Gasteiger partial charge on any atom is -0.361 e. The van der Waals surface area contributed by atoms with E-state index in [0.29, 0.717) is 11.7 Å². The number of nitrogens with zero attached hydrogens (tertiary/aromatic N) is 3. The van der Waals surface area contributed by atoms with Crippen LogP contribution in [0.4, 0.5) is 0 Å². The minimum absolute atomic E-state index is 0.165. The van der Waals surface area contributed by atoms with Crippen molar-refractivity contribution in [2.45, 2.75) is 31.8 Å². The van der Waals surface area contributed by atoms with Gasteiger partial charge < -0.3 is 9.05 Å². The predicted octanol–water partition coefficient (Wildman–Crippen LogP) is 2.67. The molecule has 1 atom stereocenters. The molecule has 0 aliphatic rings. The van der Waals surface area contributed by atoms with Gasteiger partial charge in [0.25, 0.3) is 0 Å². The first-order valence-corrected chi connectivity index (χ1v) is 6.04. The zero-order chi connectivity index (χ0) is 11.5. The topological polar surface area (TPSA) is 65.0 Å². The zero-order valence-electron chi connectivity index (χ0n) is 9.43. The predicted molar refractivity (Wildman–Crippen MR) is 60.0 cm³/mol. The molecule has 0 aliphatic carbocycles. The fourth-order valence-corrected chi connectivity index (χ4v) is 2.04. The van der Waals surface area contributed by atoms with Crippen molar-refractivity contribution < 1.29 is 9.05 Å². The summed E-state index contributed by atoms with van der Waals surface area (Å²) in [5.41, 5.74) is 0.936. The number of aryl methyl sites for hydroxylation is 2. The van der Waals surface area contributed by atoms with Gasteiger partial charge in [-0.15, -0.1) is 11.8 Å². The molecule has 0 spiro atoms. The third-order valence-corrected chi connectivity index (χ3v) is 3.21.